The van der Waals surface area contributed by atoms with E-state index >= 15 is 0 Å². The van der Waals surface area contributed by atoms with Crippen LogP contribution in [0.2, 0.25) is 0 Å². The van der Waals surface area contributed by atoms with E-state index in [9.17, 15) is 9.59 Å². The lowest BCUT2D eigenvalue weighted by Crippen LogP contribution is -2.21. The molecule has 0 atom stereocenters. The van der Waals surface area contributed by atoms with Crippen LogP contribution in [0.25, 0.3) is 11.5 Å². The van der Waals surface area contributed by atoms with Crippen molar-refractivity contribution in [3.05, 3.63) is 65.2 Å². The van der Waals surface area contributed by atoms with Gasteiger partial charge in [-0.15, -0.1) is 5.10 Å². The van der Waals surface area contributed by atoms with Gasteiger partial charge in [0, 0.05) is 5.56 Å². The van der Waals surface area contributed by atoms with Crippen LogP contribution < -0.4 is 5.32 Å². The highest BCUT2D eigenvalue weighted by molar-refractivity contribution is 5.91. The molecule has 0 unspecified atom stereocenters. The number of rotatable bonds is 6. The smallest absolute Gasteiger partial charge is 0.322 e. The van der Waals surface area contributed by atoms with Crippen molar-refractivity contribution in [1.29, 1.82) is 0 Å². The lowest BCUT2D eigenvalue weighted by atomic mass is 9.90. The molecule has 1 aliphatic carbocycles. The molecular weight excluding hydrogens is 370 g/mol. The van der Waals surface area contributed by atoms with Crippen LogP contribution in [0, 0.1) is 0 Å². The van der Waals surface area contributed by atoms with E-state index in [4.69, 9.17) is 9.15 Å². The molecule has 1 aromatic heterocycles. The van der Waals surface area contributed by atoms with Crippen LogP contribution in [-0.2, 0) is 33.6 Å². The van der Waals surface area contributed by atoms with Crippen molar-refractivity contribution in [3.63, 3.8) is 0 Å². The zero-order chi connectivity index (χ0) is 20.1. The highest BCUT2D eigenvalue weighted by Crippen LogP contribution is 2.22. The molecule has 0 aliphatic heterocycles. The number of benzene rings is 2. The standard InChI is InChI=1S/C22H21N3O4/c26-19(23-22-25-24-21(29-22)17-7-2-1-3-8-17)14-28-20(27)13-15-10-11-16-6-4-5-9-18(16)12-15/h1-3,7-8,10-12H,4-6,9,13-14H2,(H,23,25,26). The lowest BCUT2D eigenvalue weighted by molar-refractivity contribution is -0.146. The molecule has 0 fully saturated rings. The van der Waals surface area contributed by atoms with Gasteiger partial charge in [-0.05, 0) is 54.5 Å². The second kappa shape index (κ2) is 8.68. The average Bonchev–Trinajstić information content (AvgIpc) is 3.21. The van der Waals surface area contributed by atoms with Gasteiger partial charge >= 0.3 is 12.0 Å². The Morgan fingerprint density at radius 3 is 2.62 bits per heavy atom. The number of hydrogen-bond donors (Lipinski definition) is 1. The first kappa shape index (κ1) is 18.9. The minimum atomic E-state index is -0.535. The summed E-state index contributed by atoms with van der Waals surface area (Å²) in [5.41, 5.74) is 4.32. The third-order valence-electron chi connectivity index (χ3n) is 4.82. The number of ether oxygens (including phenoxy) is 1. The van der Waals surface area contributed by atoms with Gasteiger partial charge < -0.3 is 9.15 Å². The number of aryl methyl sites for hydroxylation is 2. The molecule has 7 heteroatoms. The summed E-state index contributed by atoms with van der Waals surface area (Å²) in [5, 5.41) is 10.1. The molecule has 0 spiro atoms. The zero-order valence-electron chi connectivity index (χ0n) is 15.9. The molecule has 2 aromatic carbocycles. The second-order valence-corrected chi connectivity index (χ2v) is 6.97. The number of carbonyl (C=O) groups excluding carboxylic acids is 2. The molecule has 3 aromatic rings. The maximum atomic E-state index is 12.1. The number of anilines is 1. The molecule has 1 aliphatic rings. The minimum absolute atomic E-state index is 0.0420. The third kappa shape index (κ3) is 4.87. The third-order valence-corrected chi connectivity index (χ3v) is 4.82. The van der Waals surface area contributed by atoms with Crippen molar-refractivity contribution in [2.45, 2.75) is 32.1 Å². The van der Waals surface area contributed by atoms with Gasteiger partial charge in [-0.3, -0.25) is 14.9 Å². The fourth-order valence-corrected chi connectivity index (χ4v) is 3.39. The van der Waals surface area contributed by atoms with Crippen molar-refractivity contribution in [3.8, 4) is 11.5 Å². The first-order valence-electron chi connectivity index (χ1n) is 9.62. The van der Waals surface area contributed by atoms with Crippen LogP contribution in [0.3, 0.4) is 0 Å². The predicted molar refractivity (Wildman–Crippen MR) is 106 cm³/mol. The Kier molecular flexibility index (Phi) is 5.65. The first-order chi connectivity index (χ1) is 14.2. The lowest BCUT2D eigenvalue weighted by Gasteiger charge is -2.16. The summed E-state index contributed by atoms with van der Waals surface area (Å²) in [6.07, 6.45) is 4.69. The molecule has 4 rings (SSSR count). The van der Waals surface area contributed by atoms with Gasteiger partial charge in [0.25, 0.3) is 5.91 Å². The maximum absolute atomic E-state index is 12.1. The number of carbonyl (C=O) groups is 2. The SMILES string of the molecule is O=C(COC(=O)Cc1ccc2c(c1)CCCC2)Nc1nnc(-c2ccccc2)o1. The van der Waals surface area contributed by atoms with E-state index in [1.807, 2.05) is 36.4 Å². The number of fused-ring (bicyclic) bond motifs is 1. The topological polar surface area (TPSA) is 94.3 Å². The minimum Gasteiger partial charge on any atom is -0.455 e. The first-order valence-corrected chi connectivity index (χ1v) is 9.62. The molecule has 0 radical (unpaired) electrons. The van der Waals surface area contributed by atoms with E-state index in [-0.39, 0.29) is 12.4 Å². The van der Waals surface area contributed by atoms with Crippen LogP contribution in [0.1, 0.15) is 29.5 Å². The van der Waals surface area contributed by atoms with Crippen LogP contribution in [-0.4, -0.2) is 28.7 Å². The summed E-state index contributed by atoms with van der Waals surface area (Å²) >= 11 is 0. The van der Waals surface area contributed by atoms with E-state index in [2.05, 4.69) is 27.6 Å². The number of nitrogens with one attached hydrogen (secondary N) is 1. The van der Waals surface area contributed by atoms with Crippen LogP contribution >= 0.6 is 0 Å². The normalized spacial score (nSPS) is 12.8. The van der Waals surface area contributed by atoms with Crippen LogP contribution in [0.4, 0.5) is 6.01 Å². The highest BCUT2D eigenvalue weighted by Gasteiger charge is 2.15. The largest absolute Gasteiger partial charge is 0.455 e. The van der Waals surface area contributed by atoms with Crippen molar-refractivity contribution >= 4 is 17.9 Å². The quantitative estimate of drug-likeness (QED) is 0.648. The van der Waals surface area contributed by atoms with Gasteiger partial charge in [0.1, 0.15) is 0 Å². The summed E-state index contributed by atoms with van der Waals surface area (Å²) in [7, 11) is 0. The van der Waals surface area contributed by atoms with E-state index in [0.29, 0.717) is 5.89 Å². The summed E-state index contributed by atoms with van der Waals surface area (Å²) in [6.45, 7) is -0.410. The molecule has 148 valence electrons. The Hall–Kier alpha value is -3.48. The molecule has 0 saturated heterocycles. The number of hydrogen-bond acceptors (Lipinski definition) is 6. The maximum Gasteiger partial charge on any atom is 0.322 e. The van der Waals surface area contributed by atoms with Crippen molar-refractivity contribution in [2.75, 3.05) is 11.9 Å². The molecule has 1 amide bonds. The molecule has 29 heavy (non-hydrogen) atoms. The van der Waals surface area contributed by atoms with E-state index in [1.165, 1.54) is 24.0 Å². The molecular formula is C22H21N3O4. The van der Waals surface area contributed by atoms with Crippen LogP contribution in [0.15, 0.2) is 52.9 Å². The van der Waals surface area contributed by atoms with Gasteiger partial charge in [0.05, 0.1) is 6.42 Å². The highest BCUT2D eigenvalue weighted by atomic mass is 16.5. The molecule has 1 heterocycles. The van der Waals surface area contributed by atoms with Gasteiger partial charge in [0.2, 0.25) is 5.89 Å². The van der Waals surface area contributed by atoms with Crippen molar-refractivity contribution in [2.24, 2.45) is 0 Å². The fraction of sp³-hybridized carbons (Fsp3) is 0.273. The van der Waals surface area contributed by atoms with E-state index in [0.717, 1.165) is 24.0 Å². The molecule has 0 bridgehead atoms. The summed E-state index contributed by atoms with van der Waals surface area (Å²) < 4.78 is 10.5. The van der Waals surface area contributed by atoms with Gasteiger partial charge in [0.15, 0.2) is 6.61 Å². The zero-order valence-corrected chi connectivity index (χ0v) is 15.9. The number of aromatic nitrogens is 2. The molecule has 0 saturated carbocycles. The predicted octanol–water partition coefficient (Wildman–Crippen LogP) is 3.34. The number of nitrogens with zero attached hydrogens (tertiary/aromatic N) is 2. The molecule has 7 nitrogen and oxygen atoms in total. The van der Waals surface area contributed by atoms with Crippen molar-refractivity contribution in [1.82, 2.24) is 10.2 Å². The monoisotopic (exact) mass is 391 g/mol. The fourth-order valence-electron chi connectivity index (χ4n) is 3.39. The Labute approximate surface area is 168 Å². The number of esters is 1. The summed E-state index contributed by atoms with van der Waals surface area (Å²) in [4.78, 5) is 24.1. The Bertz CT molecular complexity index is 1010. The van der Waals surface area contributed by atoms with Gasteiger partial charge in [-0.1, -0.05) is 41.5 Å². The average molecular weight is 391 g/mol. The second-order valence-electron chi connectivity index (χ2n) is 6.97. The summed E-state index contributed by atoms with van der Waals surface area (Å²) in [5.74, 6) is -0.691. The Morgan fingerprint density at radius 2 is 1.79 bits per heavy atom. The van der Waals surface area contributed by atoms with E-state index < -0.39 is 18.5 Å². The van der Waals surface area contributed by atoms with Crippen LogP contribution in [0.5, 0.6) is 0 Å². The summed E-state index contributed by atoms with van der Waals surface area (Å²) in [6, 6.07) is 15.3. The van der Waals surface area contributed by atoms with Gasteiger partial charge in [-0.25, -0.2) is 0 Å². The van der Waals surface area contributed by atoms with Crippen molar-refractivity contribution < 1.29 is 18.7 Å². The Morgan fingerprint density at radius 1 is 1.00 bits per heavy atom. The molecule has 1 N–H and O–H groups in total. The van der Waals surface area contributed by atoms with E-state index in [1.54, 1.807) is 0 Å². The van der Waals surface area contributed by atoms with Gasteiger partial charge in [-0.2, -0.15) is 0 Å². The number of amides is 1. The Balaban J connectivity index is 1.26.